The predicted molar refractivity (Wildman–Crippen MR) is 110 cm³/mol. The second kappa shape index (κ2) is 7.24. The van der Waals surface area contributed by atoms with Crippen LogP contribution in [-0.4, -0.2) is 0 Å². The first-order valence-electron chi connectivity index (χ1n) is 11.3. The molecule has 4 rings (SSSR count). The summed E-state index contributed by atoms with van der Waals surface area (Å²) in [6, 6.07) is 0. The SMILES string of the molecule is C=C(C)C1CCC2C3CCC4CC(C)CCC4C3CC(=C)C12C.CC. The molecule has 0 bridgehead atoms. The minimum atomic E-state index is 0.363. The van der Waals surface area contributed by atoms with Crippen LogP contribution >= 0.6 is 0 Å². The Hall–Kier alpha value is -0.520. The van der Waals surface area contributed by atoms with Crippen molar-refractivity contribution in [3.05, 3.63) is 24.3 Å². The molecule has 4 aliphatic rings. The van der Waals surface area contributed by atoms with Crippen molar-refractivity contribution in [2.75, 3.05) is 0 Å². The summed E-state index contributed by atoms with van der Waals surface area (Å²) in [7, 11) is 0. The number of hydrogen-bond acceptors (Lipinski definition) is 0. The first-order valence-corrected chi connectivity index (χ1v) is 11.3. The van der Waals surface area contributed by atoms with Crippen LogP contribution in [-0.2, 0) is 0 Å². The molecule has 0 heteroatoms. The first kappa shape index (κ1) is 19.2. The molecule has 0 aliphatic heterocycles. The van der Waals surface area contributed by atoms with Gasteiger partial charge in [0.1, 0.15) is 0 Å². The molecule has 25 heavy (non-hydrogen) atoms. The summed E-state index contributed by atoms with van der Waals surface area (Å²) in [6.07, 6.45) is 11.7. The predicted octanol–water partition coefficient (Wildman–Crippen LogP) is 7.66. The van der Waals surface area contributed by atoms with Crippen LogP contribution in [0.4, 0.5) is 0 Å². The highest BCUT2D eigenvalue weighted by atomic mass is 14.6. The van der Waals surface area contributed by atoms with Gasteiger partial charge in [-0.1, -0.05) is 58.4 Å². The van der Waals surface area contributed by atoms with Crippen molar-refractivity contribution in [2.45, 2.75) is 86.0 Å². The Morgan fingerprint density at radius 2 is 1.64 bits per heavy atom. The number of rotatable bonds is 1. The van der Waals surface area contributed by atoms with E-state index in [0.29, 0.717) is 11.3 Å². The van der Waals surface area contributed by atoms with Crippen LogP contribution < -0.4 is 0 Å². The van der Waals surface area contributed by atoms with Crippen molar-refractivity contribution in [3.8, 4) is 0 Å². The van der Waals surface area contributed by atoms with Crippen molar-refractivity contribution >= 4 is 0 Å². The van der Waals surface area contributed by atoms with Crippen LogP contribution in [0.25, 0.3) is 0 Å². The maximum atomic E-state index is 4.66. The Labute approximate surface area is 157 Å². The lowest BCUT2D eigenvalue weighted by Crippen LogP contribution is -2.49. The molecule has 0 N–H and O–H groups in total. The molecule has 4 fully saturated rings. The summed E-state index contributed by atoms with van der Waals surface area (Å²) in [5, 5.41) is 0. The van der Waals surface area contributed by atoms with Crippen LogP contribution in [0.2, 0.25) is 0 Å². The molecular formula is C25H42. The highest BCUT2D eigenvalue weighted by Gasteiger charge is 2.58. The van der Waals surface area contributed by atoms with Gasteiger partial charge in [-0.25, -0.2) is 0 Å². The zero-order chi connectivity index (χ0) is 18.4. The molecule has 0 radical (unpaired) electrons. The van der Waals surface area contributed by atoms with Crippen molar-refractivity contribution in [3.63, 3.8) is 0 Å². The van der Waals surface area contributed by atoms with Gasteiger partial charge in [0.25, 0.3) is 0 Å². The Morgan fingerprint density at radius 3 is 2.32 bits per heavy atom. The Balaban J connectivity index is 0.000000880. The van der Waals surface area contributed by atoms with Gasteiger partial charge < -0.3 is 0 Å². The molecule has 0 amide bonds. The van der Waals surface area contributed by atoms with E-state index in [4.69, 9.17) is 0 Å². The molecule has 8 unspecified atom stereocenters. The third kappa shape index (κ3) is 2.96. The lowest BCUT2D eigenvalue weighted by molar-refractivity contribution is -0.0349. The monoisotopic (exact) mass is 342 g/mol. The third-order valence-corrected chi connectivity index (χ3v) is 8.89. The summed E-state index contributed by atoms with van der Waals surface area (Å²) >= 11 is 0. The average molecular weight is 343 g/mol. The molecule has 4 saturated carbocycles. The number of hydrogen-bond donors (Lipinski definition) is 0. The van der Waals surface area contributed by atoms with Crippen LogP contribution in [0.3, 0.4) is 0 Å². The zero-order valence-electron chi connectivity index (χ0n) is 17.6. The second-order valence-electron chi connectivity index (χ2n) is 9.92. The minimum Gasteiger partial charge on any atom is -0.0998 e. The highest BCUT2D eigenvalue weighted by Crippen LogP contribution is 2.66. The van der Waals surface area contributed by atoms with E-state index in [1.807, 2.05) is 13.8 Å². The van der Waals surface area contributed by atoms with E-state index in [9.17, 15) is 0 Å². The summed E-state index contributed by atoms with van der Waals surface area (Å²) in [5.41, 5.74) is 3.37. The summed E-state index contributed by atoms with van der Waals surface area (Å²) in [6.45, 7) is 20.3. The lowest BCUT2D eigenvalue weighted by Gasteiger charge is -2.57. The topological polar surface area (TPSA) is 0 Å². The van der Waals surface area contributed by atoms with Gasteiger partial charge in [0.15, 0.2) is 0 Å². The van der Waals surface area contributed by atoms with Gasteiger partial charge in [-0.05, 0) is 98.7 Å². The quantitative estimate of drug-likeness (QED) is 0.429. The smallest absolute Gasteiger partial charge is 0.00228 e. The lowest BCUT2D eigenvalue weighted by atomic mass is 9.48. The van der Waals surface area contributed by atoms with Gasteiger partial charge in [0.05, 0.1) is 0 Å². The first-order chi connectivity index (χ1) is 11.9. The van der Waals surface area contributed by atoms with Gasteiger partial charge in [0.2, 0.25) is 0 Å². The van der Waals surface area contributed by atoms with E-state index < -0.39 is 0 Å². The molecule has 0 spiro atoms. The Morgan fingerprint density at radius 1 is 0.960 bits per heavy atom. The fraction of sp³-hybridized carbons (Fsp3) is 0.840. The van der Waals surface area contributed by atoms with Gasteiger partial charge >= 0.3 is 0 Å². The van der Waals surface area contributed by atoms with E-state index in [-0.39, 0.29) is 0 Å². The van der Waals surface area contributed by atoms with E-state index in [1.165, 1.54) is 56.9 Å². The molecule has 0 nitrogen and oxygen atoms in total. The van der Waals surface area contributed by atoms with E-state index in [1.54, 1.807) is 5.57 Å². The van der Waals surface area contributed by atoms with Crippen LogP contribution in [0, 0.1) is 46.8 Å². The molecule has 142 valence electrons. The summed E-state index contributed by atoms with van der Waals surface area (Å²) in [4.78, 5) is 0. The van der Waals surface area contributed by atoms with Crippen molar-refractivity contribution in [1.29, 1.82) is 0 Å². The van der Waals surface area contributed by atoms with Gasteiger partial charge in [0, 0.05) is 0 Å². The fourth-order valence-corrected chi connectivity index (χ4v) is 7.79. The number of allylic oxidation sites excluding steroid dienone is 2. The molecule has 0 heterocycles. The number of fused-ring (bicyclic) bond motifs is 5. The summed E-state index contributed by atoms with van der Waals surface area (Å²) < 4.78 is 0. The van der Waals surface area contributed by atoms with E-state index in [0.717, 1.165) is 35.5 Å². The average Bonchev–Trinajstić information content (AvgIpc) is 2.96. The van der Waals surface area contributed by atoms with Crippen LogP contribution in [0.15, 0.2) is 24.3 Å². The Bertz CT molecular complexity index is 514. The molecule has 0 aromatic carbocycles. The molecule has 0 aromatic rings. The zero-order valence-corrected chi connectivity index (χ0v) is 17.6. The van der Waals surface area contributed by atoms with Gasteiger partial charge in [-0.3, -0.25) is 0 Å². The third-order valence-electron chi connectivity index (χ3n) is 8.89. The summed E-state index contributed by atoms with van der Waals surface area (Å²) in [5.74, 6) is 6.59. The standard InChI is InChI=1S/C23H36.C2H6/c1-14(2)21-10-11-22-19-9-7-17-12-15(3)6-8-18(17)20(19)13-16(4)23(21,22)5;1-2/h15,17-22H,1,4,6-13H2,2-3,5H3;1-2H3. The Kier molecular flexibility index (Phi) is 5.57. The van der Waals surface area contributed by atoms with Crippen molar-refractivity contribution < 1.29 is 0 Å². The van der Waals surface area contributed by atoms with Gasteiger partial charge in [-0.15, -0.1) is 0 Å². The van der Waals surface area contributed by atoms with Crippen molar-refractivity contribution in [2.24, 2.45) is 46.8 Å². The van der Waals surface area contributed by atoms with Crippen LogP contribution in [0.1, 0.15) is 86.0 Å². The molecular weight excluding hydrogens is 300 g/mol. The second-order valence-corrected chi connectivity index (χ2v) is 9.92. The maximum absolute atomic E-state index is 4.66. The highest BCUT2D eigenvalue weighted by molar-refractivity contribution is 5.27. The molecule has 4 aliphatic carbocycles. The maximum Gasteiger partial charge on any atom is -0.00228 e. The van der Waals surface area contributed by atoms with E-state index in [2.05, 4.69) is 33.9 Å². The molecule has 8 atom stereocenters. The van der Waals surface area contributed by atoms with Gasteiger partial charge in [-0.2, -0.15) is 0 Å². The van der Waals surface area contributed by atoms with Crippen LogP contribution in [0.5, 0.6) is 0 Å². The van der Waals surface area contributed by atoms with E-state index >= 15 is 0 Å². The molecule has 0 saturated heterocycles. The fourth-order valence-electron chi connectivity index (χ4n) is 7.79. The largest absolute Gasteiger partial charge is 0.0998 e. The minimum absolute atomic E-state index is 0.363. The normalized spacial score (nSPS) is 48.5. The molecule has 0 aromatic heterocycles. The van der Waals surface area contributed by atoms with Crippen molar-refractivity contribution in [1.82, 2.24) is 0 Å².